The lowest BCUT2D eigenvalue weighted by atomic mass is 9.98. The molecule has 4 aromatic rings. The van der Waals surface area contributed by atoms with Gasteiger partial charge >= 0.3 is 18.0 Å². The van der Waals surface area contributed by atoms with Crippen molar-refractivity contribution in [2.24, 2.45) is 0 Å². The van der Waals surface area contributed by atoms with E-state index in [2.05, 4.69) is 17.4 Å². The van der Waals surface area contributed by atoms with Gasteiger partial charge < -0.3 is 19.9 Å². The normalized spacial score (nSPS) is 12.8. The van der Waals surface area contributed by atoms with Gasteiger partial charge in [-0.1, -0.05) is 84.9 Å². The molecule has 1 amide bonds. The van der Waals surface area contributed by atoms with E-state index in [1.807, 2.05) is 66.7 Å². The monoisotopic (exact) mass is 549 g/mol. The minimum absolute atomic E-state index is 0.0839. The Morgan fingerprint density at radius 2 is 1.44 bits per heavy atom. The summed E-state index contributed by atoms with van der Waals surface area (Å²) in [6, 6.07) is 29.4. The van der Waals surface area contributed by atoms with Crippen LogP contribution in [0.1, 0.15) is 46.8 Å². The molecule has 1 aliphatic rings. The van der Waals surface area contributed by atoms with Crippen LogP contribution in [-0.4, -0.2) is 41.9 Å². The Morgan fingerprint density at radius 1 is 0.805 bits per heavy atom. The van der Waals surface area contributed by atoms with Crippen LogP contribution in [0.15, 0.2) is 97.1 Å². The summed E-state index contributed by atoms with van der Waals surface area (Å²) in [5.74, 6) is -1.66. The van der Waals surface area contributed by atoms with Crippen LogP contribution in [0.2, 0.25) is 0 Å². The highest BCUT2D eigenvalue weighted by atomic mass is 16.6. The Labute approximate surface area is 238 Å². The summed E-state index contributed by atoms with van der Waals surface area (Å²) in [7, 11) is 0. The largest absolute Gasteiger partial charge is 0.480 e. The summed E-state index contributed by atoms with van der Waals surface area (Å²) < 4.78 is 10.8. The number of carboxylic acids is 1. The van der Waals surface area contributed by atoms with Crippen molar-refractivity contribution < 1.29 is 29.0 Å². The van der Waals surface area contributed by atoms with Crippen molar-refractivity contribution in [2.45, 2.75) is 38.3 Å². The molecule has 0 aliphatic heterocycles. The van der Waals surface area contributed by atoms with Crippen molar-refractivity contribution in [1.29, 1.82) is 0 Å². The van der Waals surface area contributed by atoms with E-state index in [4.69, 9.17) is 9.47 Å². The molecule has 0 aromatic heterocycles. The number of fused-ring (bicyclic) bond motifs is 3. The predicted molar refractivity (Wildman–Crippen MR) is 156 cm³/mol. The van der Waals surface area contributed by atoms with Crippen LogP contribution in [0.3, 0.4) is 0 Å². The first-order valence-corrected chi connectivity index (χ1v) is 13.5. The highest BCUT2D eigenvalue weighted by Gasteiger charge is 2.29. The lowest BCUT2D eigenvalue weighted by Crippen LogP contribution is -2.42. The Balaban J connectivity index is 1.21. The number of benzene rings is 4. The SMILES string of the molecule is CC(C)OC(=O)c1cccc(-c2ccc(CC(NC(=O)OCC3c4ccccc4-c4ccccc43)C(=O)O)cc2)c1. The first-order chi connectivity index (χ1) is 19.8. The van der Waals surface area contributed by atoms with Crippen LogP contribution in [0.25, 0.3) is 22.3 Å². The number of hydrogen-bond donors (Lipinski definition) is 2. The summed E-state index contributed by atoms with van der Waals surface area (Å²) >= 11 is 0. The second-order valence-electron chi connectivity index (χ2n) is 10.3. The molecule has 4 aromatic carbocycles. The smallest absolute Gasteiger partial charge is 0.407 e. The third-order valence-electron chi connectivity index (χ3n) is 7.10. The molecule has 0 fully saturated rings. The molecular weight excluding hydrogens is 518 g/mol. The first-order valence-electron chi connectivity index (χ1n) is 13.5. The molecule has 2 N–H and O–H groups in total. The van der Waals surface area contributed by atoms with Gasteiger partial charge in [0.05, 0.1) is 11.7 Å². The van der Waals surface area contributed by atoms with Crippen LogP contribution < -0.4 is 5.32 Å². The van der Waals surface area contributed by atoms with Gasteiger partial charge in [-0.15, -0.1) is 0 Å². The first kappa shape index (κ1) is 27.6. The van der Waals surface area contributed by atoms with Gasteiger partial charge in [-0.05, 0) is 64.9 Å². The van der Waals surface area contributed by atoms with Crippen LogP contribution in [0.5, 0.6) is 0 Å². The van der Waals surface area contributed by atoms with Crippen LogP contribution in [0.4, 0.5) is 4.79 Å². The molecule has 0 radical (unpaired) electrons. The van der Waals surface area contributed by atoms with Crippen molar-refractivity contribution in [2.75, 3.05) is 6.61 Å². The van der Waals surface area contributed by atoms with Crippen molar-refractivity contribution in [3.63, 3.8) is 0 Å². The van der Waals surface area contributed by atoms with E-state index in [0.717, 1.165) is 38.9 Å². The summed E-state index contributed by atoms with van der Waals surface area (Å²) in [6.07, 6.45) is -0.906. The molecule has 1 aliphatic carbocycles. The maximum Gasteiger partial charge on any atom is 0.407 e. The average molecular weight is 550 g/mol. The summed E-state index contributed by atoms with van der Waals surface area (Å²) in [5, 5.41) is 12.3. The van der Waals surface area contributed by atoms with E-state index >= 15 is 0 Å². The van der Waals surface area contributed by atoms with Gasteiger partial charge in [-0.2, -0.15) is 0 Å². The Morgan fingerprint density at radius 3 is 2.05 bits per heavy atom. The Hall–Kier alpha value is -4.91. The molecule has 1 unspecified atom stereocenters. The minimum atomic E-state index is -1.16. The highest BCUT2D eigenvalue weighted by Crippen LogP contribution is 2.44. The Kier molecular flexibility index (Phi) is 8.15. The van der Waals surface area contributed by atoms with E-state index in [1.54, 1.807) is 32.0 Å². The fourth-order valence-electron chi connectivity index (χ4n) is 5.16. The topological polar surface area (TPSA) is 102 Å². The molecule has 208 valence electrons. The number of nitrogens with one attached hydrogen (secondary N) is 1. The minimum Gasteiger partial charge on any atom is -0.480 e. The number of carboxylic acid groups (broad SMARTS) is 1. The second-order valence-corrected chi connectivity index (χ2v) is 10.3. The van der Waals surface area contributed by atoms with Crippen LogP contribution >= 0.6 is 0 Å². The highest BCUT2D eigenvalue weighted by molar-refractivity contribution is 5.91. The fraction of sp³-hybridized carbons (Fsp3) is 0.206. The molecule has 0 bridgehead atoms. The van der Waals surface area contributed by atoms with Crippen LogP contribution in [-0.2, 0) is 20.7 Å². The predicted octanol–water partition coefficient (Wildman–Crippen LogP) is 6.45. The number of rotatable bonds is 9. The molecule has 0 heterocycles. The number of amides is 1. The van der Waals surface area contributed by atoms with E-state index < -0.39 is 18.1 Å². The van der Waals surface area contributed by atoms with Gasteiger partial charge in [0, 0.05) is 12.3 Å². The van der Waals surface area contributed by atoms with E-state index in [1.165, 1.54) is 0 Å². The third kappa shape index (κ3) is 6.30. The number of aliphatic carboxylic acids is 1. The fourth-order valence-corrected chi connectivity index (χ4v) is 5.16. The molecule has 0 saturated heterocycles. The zero-order valence-electron chi connectivity index (χ0n) is 22.9. The number of carbonyl (C=O) groups is 3. The molecule has 0 spiro atoms. The van der Waals surface area contributed by atoms with Gasteiger partial charge in [-0.25, -0.2) is 14.4 Å². The molecule has 41 heavy (non-hydrogen) atoms. The molecule has 7 heteroatoms. The van der Waals surface area contributed by atoms with Crippen molar-refractivity contribution in [1.82, 2.24) is 5.32 Å². The summed E-state index contributed by atoms with van der Waals surface area (Å²) in [5.41, 5.74) is 7.29. The quantitative estimate of drug-likeness (QED) is 0.233. The second kappa shape index (κ2) is 12.1. The summed E-state index contributed by atoms with van der Waals surface area (Å²) in [4.78, 5) is 36.9. The molecule has 5 rings (SSSR count). The van der Waals surface area contributed by atoms with E-state index in [-0.39, 0.29) is 31.0 Å². The standard InChI is InChI=1S/C34H31NO6/c1-21(2)41-33(38)25-9-7-8-24(19-25)23-16-14-22(15-17-23)18-31(32(36)37)35-34(39)40-20-30-28-12-5-3-10-26(28)27-11-4-6-13-29(27)30/h3-17,19,21,30-31H,18,20H2,1-2H3,(H,35,39)(H,36,37). The van der Waals surface area contributed by atoms with E-state index in [0.29, 0.717) is 5.56 Å². The molecular formula is C34H31NO6. The number of alkyl carbamates (subject to hydrolysis) is 1. The van der Waals surface area contributed by atoms with Gasteiger partial charge in [0.1, 0.15) is 12.6 Å². The number of hydrogen-bond acceptors (Lipinski definition) is 5. The number of carbonyl (C=O) groups excluding carboxylic acids is 2. The zero-order valence-corrected chi connectivity index (χ0v) is 22.9. The van der Waals surface area contributed by atoms with E-state index in [9.17, 15) is 19.5 Å². The van der Waals surface area contributed by atoms with Gasteiger partial charge in [0.25, 0.3) is 0 Å². The number of ether oxygens (including phenoxy) is 2. The van der Waals surface area contributed by atoms with Crippen molar-refractivity contribution in [3.05, 3.63) is 119 Å². The third-order valence-corrected chi connectivity index (χ3v) is 7.10. The number of esters is 1. The molecule has 0 saturated carbocycles. The van der Waals surface area contributed by atoms with Crippen LogP contribution in [0, 0.1) is 0 Å². The molecule has 7 nitrogen and oxygen atoms in total. The van der Waals surface area contributed by atoms with Gasteiger partial charge in [0.15, 0.2) is 0 Å². The maximum absolute atomic E-state index is 12.7. The average Bonchev–Trinajstić information content (AvgIpc) is 3.29. The lowest BCUT2D eigenvalue weighted by molar-refractivity contribution is -0.139. The Bertz CT molecular complexity index is 1530. The van der Waals surface area contributed by atoms with Gasteiger partial charge in [0.2, 0.25) is 0 Å². The van der Waals surface area contributed by atoms with Gasteiger partial charge in [-0.3, -0.25) is 0 Å². The lowest BCUT2D eigenvalue weighted by Gasteiger charge is -2.18. The molecule has 1 atom stereocenters. The summed E-state index contributed by atoms with van der Waals surface area (Å²) in [6.45, 7) is 3.70. The van der Waals surface area contributed by atoms with Crippen molar-refractivity contribution in [3.8, 4) is 22.3 Å². The maximum atomic E-state index is 12.7. The van der Waals surface area contributed by atoms with Crippen molar-refractivity contribution >= 4 is 18.0 Å². The zero-order chi connectivity index (χ0) is 28.9.